The van der Waals surface area contributed by atoms with E-state index in [0.29, 0.717) is 5.56 Å². The summed E-state index contributed by atoms with van der Waals surface area (Å²) >= 11 is 0. The van der Waals surface area contributed by atoms with Crippen molar-refractivity contribution in [3.63, 3.8) is 0 Å². The number of hydrogen-bond donors (Lipinski definition) is 0. The van der Waals surface area contributed by atoms with Gasteiger partial charge in [-0.15, -0.1) is 0 Å². The summed E-state index contributed by atoms with van der Waals surface area (Å²) in [5, 5.41) is 15.0. The Kier molecular flexibility index (Phi) is 6.80. The summed E-state index contributed by atoms with van der Waals surface area (Å²) in [4.78, 5) is 10.2. The van der Waals surface area contributed by atoms with Gasteiger partial charge in [0.2, 0.25) is 0 Å². The van der Waals surface area contributed by atoms with Crippen molar-refractivity contribution in [2.75, 3.05) is 0 Å². The number of nitriles is 1. The minimum Gasteiger partial charge on any atom is -0.309 e. The average Bonchev–Trinajstić information content (AvgIpc) is 3.74. The van der Waals surface area contributed by atoms with Crippen LogP contribution < -0.4 is 0 Å². The van der Waals surface area contributed by atoms with Crippen molar-refractivity contribution in [3.05, 3.63) is 182 Å². The van der Waals surface area contributed by atoms with Crippen LogP contribution in [0.25, 0.3) is 88.8 Å². The number of benzene rings is 6. The lowest BCUT2D eigenvalue weighted by Gasteiger charge is -2.14. The Hall–Kier alpha value is -7.29. The molecule has 242 valence electrons. The summed E-state index contributed by atoms with van der Waals surface area (Å²) in [6.45, 7) is 0. The van der Waals surface area contributed by atoms with Crippen LogP contribution in [0.5, 0.6) is 0 Å². The topological polar surface area (TPSA) is 59.4 Å². The van der Waals surface area contributed by atoms with Gasteiger partial charge in [0, 0.05) is 50.2 Å². The lowest BCUT2D eigenvalue weighted by Crippen LogP contribution is -1.99. The molecule has 0 aliphatic carbocycles. The van der Waals surface area contributed by atoms with E-state index < -0.39 is 0 Å². The highest BCUT2D eigenvalue weighted by atomic mass is 15.1. The van der Waals surface area contributed by atoms with Crippen LogP contribution in [0.3, 0.4) is 0 Å². The van der Waals surface area contributed by atoms with Crippen LogP contribution in [-0.4, -0.2) is 19.1 Å². The van der Waals surface area contributed by atoms with E-state index in [2.05, 4.69) is 130 Å². The first kappa shape index (κ1) is 29.6. The zero-order valence-corrected chi connectivity index (χ0v) is 28.0. The number of rotatable bonds is 5. The number of pyridine rings is 2. The van der Waals surface area contributed by atoms with E-state index in [0.717, 1.165) is 88.8 Å². The fourth-order valence-electron chi connectivity index (χ4n) is 7.69. The zero-order valence-electron chi connectivity index (χ0n) is 28.0. The Morgan fingerprint density at radius 2 is 1.17 bits per heavy atom. The number of nitrogens with zero attached hydrogens (tertiary/aromatic N) is 5. The summed E-state index contributed by atoms with van der Waals surface area (Å²) in [6.07, 6.45) is 1.85. The quantitative estimate of drug-likeness (QED) is 0.184. The summed E-state index contributed by atoms with van der Waals surface area (Å²) < 4.78 is 4.60. The smallest absolute Gasteiger partial charge is 0.145 e. The van der Waals surface area contributed by atoms with Crippen molar-refractivity contribution in [3.8, 4) is 51.1 Å². The highest BCUT2D eigenvalue weighted by molar-refractivity contribution is 6.25. The van der Waals surface area contributed by atoms with Crippen LogP contribution >= 0.6 is 0 Å². The molecule has 0 saturated carbocycles. The molecular weight excluding hydrogens is 635 g/mol. The monoisotopic (exact) mass is 663 g/mol. The highest BCUT2D eigenvalue weighted by Crippen LogP contribution is 2.42. The molecule has 0 N–H and O–H groups in total. The van der Waals surface area contributed by atoms with Crippen LogP contribution in [0, 0.1) is 11.3 Å². The van der Waals surface area contributed by atoms with Crippen LogP contribution in [0.2, 0.25) is 0 Å². The molecule has 10 rings (SSSR count). The standard InChI is InChI=1S/C47H29N5/c48-30-33-22-23-36(29-40(33)42-28-34(31-13-4-1-5-14-31)27-41(50-42)32-15-6-2-7-16-32)52-46-37(38-20-12-26-49-47(38)52)24-25-44-45(46)39-19-10-11-21-43(39)51(44)35-17-8-3-9-18-35/h1-29H. The number of aromatic nitrogens is 4. The number of para-hydroxylation sites is 2. The van der Waals surface area contributed by atoms with Gasteiger partial charge in [-0.25, -0.2) is 9.97 Å². The van der Waals surface area contributed by atoms with Gasteiger partial charge in [0.1, 0.15) is 5.65 Å². The molecule has 0 radical (unpaired) electrons. The summed E-state index contributed by atoms with van der Waals surface area (Å²) in [5.74, 6) is 0. The Bertz CT molecular complexity index is 2950. The Morgan fingerprint density at radius 3 is 1.96 bits per heavy atom. The third-order valence-electron chi connectivity index (χ3n) is 10.00. The molecule has 0 atom stereocenters. The molecule has 10 aromatic rings. The summed E-state index contributed by atoms with van der Waals surface area (Å²) in [6, 6.07) is 61.0. The first-order chi connectivity index (χ1) is 25.8. The lowest BCUT2D eigenvalue weighted by atomic mass is 9.97. The normalized spacial score (nSPS) is 11.4. The molecule has 0 aliphatic rings. The maximum Gasteiger partial charge on any atom is 0.145 e. The van der Waals surface area contributed by atoms with Crippen molar-refractivity contribution < 1.29 is 0 Å². The first-order valence-electron chi connectivity index (χ1n) is 17.3. The largest absolute Gasteiger partial charge is 0.309 e. The van der Waals surface area contributed by atoms with Gasteiger partial charge < -0.3 is 4.57 Å². The van der Waals surface area contributed by atoms with Gasteiger partial charge in [0.25, 0.3) is 0 Å². The minimum atomic E-state index is 0.556. The zero-order chi connectivity index (χ0) is 34.6. The van der Waals surface area contributed by atoms with Crippen LogP contribution in [0.1, 0.15) is 5.56 Å². The lowest BCUT2D eigenvalue weighted by molar-refractivity contribution is 1.14. The predicted octanol–water partition coefficient (Wildman–Crippen LogP) is 11.5. The van der Waals surface area contributed by atoms with Gasteiger partial charge in [-0.2, -0.15) is 5.26 Å². The predicted molar refractivity (Wildman–Crippen MR) is 212 cm³/mol. The van der Waals surface area contributed by atoms with Gasteiger partial charge in [0.05, 0.1) is 39.6 Å². The third kappa shape index (κ3) is 4.63. The van der Waals surface area contributed by atoms with E-state index >= 15 is 0 Å². The number of hydrogen-bond acceptors (Lipinski definition) is 3. The molecule has 0 fully saturated rings. The van der Waals surface area contributed by atoms with E-state index in [1.807, 2.05) is 60.8 Å². The summed E-state index contributed by atoms with van der Waals surface area (Å²) in [7, 11) is 0. The van der Waals surface area contributed by atoms with Crippen molar-refractivity contribution in [2.24, 2.45) is 0 Å². The molecule has 5 nitrogen and oxygen atoms in total. The van der Waals surface area contributed by atoms with Crippen LogP contribution in [0.4, 0.5) is 0 Å². The van der Waals surface area contributed by atoms with E-state index in [1.54, 1.807) is 0 Å². The van der Waals surface area contributed by atoms with Crippen molar-refractivity contribution in [1.29, 1.82) is 5.26 Å². The van der Waals surface area contributed by atoms with Crippen LogP contribution in [0.15, 0.2) is 176 Å². The summed E-state index contributed by atoms with van der Waals surface area (Å²) in [5.41, 5.74) is 12.2. The number of fused-ring (bicyclic) bond motifs is 7. The second kappa shape index (κ2) is 11.9. The third-order valence-corrected chi connectivity index (χ3v) is 10.00. The van der Waals surface area contributed by atoms with E-state index in [9.17, 15) is 5.26 Å². The molecule has 0 spiro atoms. The SMILES string of the molecule is N#Cc1ccc(-n2c3ncccc3c3ccc4c(c5ccccc5n4-c4ccccc4)c32)cc1-c1cc(-c2ccccc2)cc(-c2ccccc2)n1. The van der Waals surface area contributed by atoms with E-state index in [-0.39, 0.29) is 0 Å². The van der Waals surface area contributed by atoms with Crippen molar-refractivity contribution >= 4 is 43.7 Å². The van der Waals surface area contributed by atoms with Gasteiger partial charge in [0.15, 0.2) is 0 Å². The average molecular weight is 664 g/mol. The van der Waals surface area contributed by atoms with Gasteiger partial charge in [-0.1, -0.05) is 103 Å². The second-order valence-electron chi connectivity index (χ2n) is 13.0. The Balaban J connectivity index is 1.28. The molecule has 6 aromatic carbocycles. The van der Waals surface area contributed by atoms with Crippen LogP contribution in [-0.2, 0) is 0 Å². The van der Waals surface area contributed by atoms with E-state index in [4.69, 9.17) is 9.97 Å². The molecule has 4 heterocycles. The molecule has 0 bridgehead atoms. The van der Waals surface area contributed by atoms with Crippen molar-refractivity contribution in [1.82, 2.24) is 19.1 Å². The minimum absolute atomic E-state index is 0.556. The second-order valence-corrected chi connectivity index (χ2v) is 13.0. The maximum atomic E-state index is 10.5. The maximum absolute atomic E-state index is 10.5. The van der Waals surface area contributed by atoms with E-state index in [1.165, 1.54) is 0 Å². The molecule has 5 heteroatoms. The molecule has 0 unspecified atom stereocenters. The fraction of sp³-hybridized carbons (Fsp3) is 0. The van der Waals surface area contributed by atoms with Gasteiger partial charge in [-0.05, 0) is 77.9 Å². The first-order valence-corrected chi connectivity index (χ1v) is 17.3. The highest BCUT2D eigenvalue weighted by Gasteiger charge is 2.22. The van der Waals surface area contributed by atoms with Crippen molar-refractivity contribution in [2.45, 2.75) is 0 Å². The van der Waals surface area contributed by atoms with Gasteiger partial charge in [-0.3, -0.25) is 4.57 Å². The molecule has 0 saturated heterocycles. The fourth-order valence-corrected chi connectivity index (χ4v) is 7.69. The molecule has 0 aliphatic heterocycles. The Labute approximate surface area is 299 Å². The Morgan fingerprint density at radius 1 is 0.481 bits per heavy atom. The molecular formula is C47H29N5. The molecule has 0 amide bonds. The van der Waals surface area contributed by atoms with Gasteiger partial charge >= 0.3 is 0 Å². The molecule has 52 heavy (non-hydrogen) atoms. The molecule has 4 aromatic heterocycles.